The van der Waals surface area contributed by atoms with E-state index in [4.69, 9.17) is 4.74 Å². The van der Waals surface area contributed by atoms with Crippen LogP contribution in [0.3, 0.4) is 0 Å². The van der Waals surface area contributed by atoms with Crippen LogP contribution in [-0.2, 0) is 16.1 Å². The zero-order chi connectivity index (χ0) is 17.9. The van der Waals surface area contributed by atoms with Crippen LogP contribution in [0.25, 0.3) is 0 Å². The molecule has 1 amide bonds. The second kappa shape index (κ2) is 7.46. The Balaban J connectivity index is 1.38. The van der Waals surface area contributed by atoms with Gasteiger partial charge in [-0.25, -0.2) is 4.39 Å². The third kappa shape index (κ3) is 3.58. The Labute approximate surface area is 153 Å². The summed E-state index contributed by atoms with van der Waals surface area (Å²) >= 11 is 0. The maximum Gasteiger partial charge on any atom is 0.224 e. The molecule has 5 heteroatoms. The van der Waals surface area contributed by atoms with Gasteiger partial charge in [0.1, 0.15) is 5.82 Å². The van der Waals surface area contributed by atoms with E-state index in [-0.39, 0.29) is 23.6 Å². The number of rotatable bonds is 5. The molecular formula is C21H23FN2O2. The Morgan fingerprint density at radius 1 is 1.12 bits per heavy atom. The molecule has 136 valence electrons. The number of morpholine rings is 1. The van der Waals surface area contributed by atoms with Crippen LogP contribution in [0.4, 0.5) is 10.1 Å². The first kappa shape index (κ1) is 17.0. The summed E-state index contributed by atoms with van der Waals surface area (Å²) in [5.41, 5.74) is 2.91. The molecule has 26 heavy (non-hydrogen) atoms. The number of ether oxygens (including phenoxy) is 1. The molecule has 2 atom stereocenters. The molecule has 4 rings (SSSR count). The molecule has 2 aliphatic rings. The van der Waals surface area contributed by atoms with Gasteiger partial charge in [0, 0.05) is 31.2 Å². The summed E-state index contributed by atoms with van der Waals surface area (Å²) in [6.45, 7) is 3.68. The zero-order valence-electron chi connectivity index (χ0n) is 14.7. The molecule has 1 saturated carbocycles. The lowest BCUT2D eigenvalue weighted by atomic mass is 10.1. The fourth-order valence-corrected chi connectivity index (χ4v) is 3.69. The molecule has 4 nitrogen and oxygen atoms in total. The standard InChI is InChI=1S/C21H23FN2O2/c22-19-7-3-2-6-16(19)17-13-18(17)21(25)23-14-15-5-1-4-8-20(15)24-9-11-26-12-10-24/h1-8,17-18H,9-14H2,(H,23,25)/t17-,18+/m0/s1. The van der Waals surface area contributed by atoms with Gasteiger partial charge in [-0.05, 0) is 35.6 Å². The monoisotopic (exact) mass is 354 g/mol. The molecule has 1 N–H and O–H groups in total. The van der Waals surface area contributed by atoms with E-state index in [0.29, 0.717) is 12.1 Å². The van der Waals surface area contributed by atoms with E-state index in [1.165, 1.54) is 6.07 Å². The van der Waals surface area contributed by atoms with E-state index in [1.54, 1.807) is 12.1 Å². The van der Waals surface area contributed by atoms with Crippen molar-refractivity contribution in [3.8, 4) is 0 Å². The lowest BCUT2D eigenvalue weighted by Crippen LogP contribution is -2.37. The van der Waals surface area contributed by atoms with Crippen LogP contribution in [0.1, 0.15) is 23.5 Å². The Hall–Kier alpha value is -2.40. The molecule has 0 spiro atoms. The summed E-state index contributed by atoms with van der Waals surface area (Å²) in [6.07, 6.45) is 0.720. The van der Waals surface area contributed by atoms with Crippen LogP contribution in [0.15, 0.2) is 48.5 Å². The molecule has 2 fully saturated rings. The number of benzene rings is 2. The number of hydrogen-bond acceptors (Lipinski definition) is 3. The zero-order valence-corrected chi connectivity index (χ0v) is 14.7. The van der Waals surface area contributed by atoms with Crippen LogP contribution in [0.2, 0.25) is 0 Å². The Bertz CT molecular complexity index is 789. The third-order valence-corrected chi connectivity index (χ3v) is 5.23. The second-order valence-corrected chi connectivity index (χ2v) is 6.92. The van der Waals surface area contributed by atoms with Gasteiger partial charge in [0.25, 0.3) is 0 Å². The van der Waals surface area contributed by atoms with Gasteiger partial charge in [0.15, 0.2) is 0 Å². The first-order chi connectivity index (χ1) is 12.7. The highest BCUT2D eigenvalue weighted by Crippen LogP contribution is 2.48. The van der Waals surface area contributed by atoms with E-state index in [2.05, 4.69) is 16.3 Å². The van der Waals surface area contributed by atoms with Gasteiger partial charge in [-0.2, -0.15) is 0 Å². The van der Waals surface area contributed by atoms with Crippen molar-refractivity contribution >= 4 is 11.6 Å². The van der Waals surface area contributed by atoms with Crippen LogP contribution < -0.4 is 10.2 Å². The second-order valence-electron chi connectivity index (χ2n) is 6.92. The Morgan fingerprint density at radius 2 is 1.85 bits per heavy atom. The van der Waals surface area contributed by atoms with Gasteiger partial charge >= 0.3 is 0 Å². The van der Waals surface area contributed by atoms with Gasteiger partial charge in [0.05, 0.1) is 13.2 Å². The van der Waals surface area contributed by atoms with E-state index >= 15 is 0 Å². The molecule has 1 saturated heterocycles. The molecular weight excluding hydrogens is 331 g/mol. The number of nitrogens with zero attached hydrogens (tertiary/aromatic N) is 1. The fourth-order valence-electron chi connectivity index (χ4n) is 3.69. The summed E-state index contributed by atoms with van der Waals surface area (Å²) < 4.78 is 19.3. The smallest absolute Gasteiger partial charge is 0.224 e. The SMILES string of the molecule is O=C(NCc1ccccc1N1CCOCC1)[C@@H]1C[C@H]1c1ccccc1F. The van der Waals surface area contributed by atoms with Crippen molar-refractivity contribution in [2.75, 3.05) is 31.2 Å². The summed E-state index contributed by atoms with van der Waals surface area (Å²) in [5.74, 6) is -0.325. The minimum atomic E-state index is -0.217. The summed E-state index contributed by atoms with van der Waals surface area (Å²) in [5, 5.41) is 3.04. The number of carbonyl (C=O) groups excluding carboxylic acids is 1. The maximum absolute atomic E-state index is 13.9. The number of amides is 1. The molecule has 1 heterocycles. The van der Waals surface area contributed by atoms with Crippen LogP contribution in [-0.4, -0.2) is 32.2 Å². The Kier molecular flexibility index (Phi) is 4.89. The van der Waals surface area contributed by atoms with Crippen molar-refractivity contribution < 1.29 is 13.9 Å². The average molecular weight is 354 g/mol. The lowest BCUT2D eigenvalue weighted by molar-refractivity contribution is -0.122. The predicted molar refractivity (Wildman–Crippen MR) is 98.6 cm³/mol. The minimum Gasteiger partial charge on any atom is -0.378 e. The molecule has 2 aromatic carbocycles. The summed E-state index contributed by atoms with van der Waals surface area (Å²) in [4.78, 5) is 14.8. The van der Waals surface area contributed by atoms with Gasteiger partial charge in [0.2, 0.25) is 5.91 Å². The number of carbonyl (C=O) groups is 1. The van der Waals surface area contributed by atoms with Crippen molar-refractivity contribution in [2.45, 2.75) is 18.9 Å². The van der Waals surface area contributed by atoms with E-state index in [9.17, 15) is 9.18 Å². The number of halogens is 1. The maximum atomic E-state index is 13.9. The molecule has 0 radical (unpaired) electrons. The number of para-hydroxylation sites is 1. The molecule has 1 aliphatic carbocycles. The van der Waals surface area contributed by atoms with Gasteiger partial charge in [-0.15, -0.1) is 0 Å². The third-order valence-electron chi connectivity index (χ3n) is 5.23. The highest BCUT2D eigenvalue weighted by molar-refractivity contribution is 5.83. The molecule has 2 aromatic rings. The number of anilines is 1. The largest absolute Gasteiger partial charge is 0.378 e. The van der Waals surface area contributed by atoms with E-state index in [0.717, 1.165) is 44.0 Å². The van der Waals surface area contributed by atoms with Crippen LogP contribution >= 0.6 is 0 Å². The van der Waals surface area contributed by atoms with Crippen molar-refractivity contribution in [2.24, 2.45) is 5.92 Å². The molecule has 1 aliphatic heterocycles. The molecule has 0 aromatic heterocycles. The van der Waals surface area contributed by atoms with Gasteiger partial charge in [-0.3, -0.25) is 4.79 Å². The van der Waals surface area contributed by atoms with Crippen LogP contribution in [0.5, 0.6) is 0 Å². The average Bonchev–Trinajstić information content (AvgIpc) is 3.48. The first-order valence-electron chi connectivity index (χ1n) is 9.17. The highest BCUT2D eigenvalue weighted by Gasteiger charge is 2.44. The van der Waals surface area contributed by atoms with Crippen molar-refractivity contribution in [3.05, 3.63) is 65.5 Å². The van der Waals surface area contributed by atoms with Gasteiger partial charge < -0.3 is 15.0 Å². The Morgan fingerprint density at radius 3 is 2.65 bits per heavy atom. The van der Waals surface area contributed by atoms with Crippen molar-refractivity contribution in [1.82, 2.24) is 5.32 Å². The lowest BCUT2D eigenvalue weighted by Gasteiger charge is -2.30. The summed E-state index contributed by atoms with van der Waals surface area (Å²) in [6, 6.07) is 14.9. The predicted octanol–water partition coefficient (Wildman–Crippen LogP) is 3.08. The number of nitrogens with one attached hydrogen (secondary N) is 1. The number of hydrogen-bond donors (Lipinski definition) is 1. The summed E-state index contributed by atoms with van der Waals surface area (Å²) in [7, 11) is 0. The first-order valence-corrected chi connectivity index (χ1v) is 9.17. The van der Waals surface area contributed by atoms with E-state index in [1.807, 2.05) is 24.3 Å². The normalized spacial score (nSPS) is 22.1. The van der Waals surface area contributed by atoms with Crippen molar-refractivity contribution in [1.29, 1.82) is 0 Å². The minimum absolute atomic E-state index is 0.00527. The quantitative estimate of drug-likeness (QED) is 0.897. The van der Waals surface area contributed by atoms with Crippen LogP contribution in [0, 0.1) is 11.7 Å². The molecule has 0 bridgehead atoms. The fraction of sp³-hybridized carbons (Fsp3) is 0.381. The van der Waals surface area contributed by atoms with Gasteiger partial charge in [-0.1, -0.05) is 36.4 Å². The van der Waals surface area contributed by atoms with Crippen molar-refractivity contribution in [3.63, 3.8) is 0 Å². The molecule has 0 unspecified atom stereocenters. The van der Waals surface area contributed by atoms with E-state index < -0.39 is 0 Å². The highest BCUT2D eigenvalue weighted by atomic mass is 19.1. The topological polar surface area (TPSA) is 41.6 Å².